The Morgan fingerprint density at radius 1 is 1.33 bits per heavy atom. The van der Waals surface area contributed by atoms with E-state index >= 15 is 0 Å². The highest BCUT2D eigenvalue weighted by molar-refractivity contribution is 5.89. The van der Waals surface area contributed by atoms with Gasteiger partial charge in [-0.05, 0) is 7.05 Å². The molecule has 0 fully saturated rings. The maximum Gasteiger partial charge on any atom is 0.336 e. The Hall–Kier alpha value is -1.56. The van der Waals surface area contributed by atoms with Crippen LogP contribution in [0.15, 0.2) is 11.3 Å². The molecule has 6 nitrogen and oxygen atoms in total. The van der Waals surface area contributed by atoms with Crippen molar-refractivity contribution in [2.75, 3.05) is 40.9 Å². The first-order valence-corrected chi connectivity index (χ1v) is 5.88. The van der Waals surface area contributed by atoms with Crippen LogP contribution in [-0.2, 0) is 19.1 Å². The summed E-state index contributed by atoms with van der Waals surface area (Å²) in [4.78, 5) is 24.7. The van der Waals surface area contributed by atoms with Gasteiger partial charge in [0.25, 0.3) is 0 Å². The number of ether oxygens (including phenoxy) is 2. The van der Waals surface area contributed by atoms with E-state index in [0.717, 1.165) is 18.7 Å². The maximum atomic E-state index is 11.6. The molecule has 0 aromatic rings. The summed E-state index contributed by atoms with van der Waals surface area (Å²) < 4.78 is 9.32. The third kappa shape index (κ3) is 4.03. The molecule has 1 aliphatic heterocycles. The Morgan fingerprint density at radius 2 is 2.06 bits per heavy atom. The van der Waals surface area contributed by atoms with Crippen molar-refractivity contribution in [3.63, 3.8) is 0 Å². The average molecular weight is 256 g/mol. The van der Waals surface area contributed by atoms with Gasteiger partial charge in [0.15, 0.2) is 0 Å². The van der Waals surface area contributed by atoms with E-state index in [-0.39, 0.29) is 18.4 Å². The fourth-order valence-corrected chi connectivity index (χ4v) is 1.82. The summed E-state index contributed by atoms with van der Waals surface area (Å²) in [6.45, 7) is 1.90. The summed E-state index contributed by atoms with van der Waals surface area (Å²) in [5.41, 5.74) is 1.50. The standard InChI is InChI=1S/C12H20N2O4/c1-14-7-5-10(9(8-14)12(16)18-3)13-6-4-11(15)17-2/h13H,4-8H2,1-3H3. The predicted octanol–water partition coefficient (Wildman–Crippen LogP) is -0.0983. The minimum atomic E-state index is -0.317. The van der Waals surface area contributed by atoms with Gasteiger partial charge < -0.3 is 19.7 Å². The largest absolute Gasteiger partial charge is 0.469 e. The van der Waals surface area contributed by atoms with E-state index in [0.29, 0.717) is 18.7 Å². The van der Waals surface area contributed by atoms with Crippen LogP contribution in [-0.4, -0.2) is 57.7 Å². The van der Waals surface area contributed by atoms with E-state index in [2.05, 4.69) is 15.0 Å². The van der Waals surface area contributed by atoms with Crippen LogP contribution in [0.25, 0.3) is 0 Å². The number of esters is 2. The highest BCUT2D eigenvalue weighted by atomic mass is 16.5. The molecule has 1 aliphatic rings. The van der Waals surface area contributed by atoms with E-state index in [1.165, 1.54) is 14.2 Å². The van der Waals surface area contributed by atoms with Crippen molar-refractivity contribution in [2.45, 2.75) is 12.8 Å². The fourth-order valence-electron chi connectivity index (χ4n) is 1.82. The zero-order valence-electron chi connectivity index (χ0n) is 11.1. The Labute approximate surface area is 107 Å². The fraction of sp³-hybridized carbons (Fsp3) is 0.667. The zero-order chi connectivity index (χ0) is 13.5. The Balaban J connectivity index is 2.62. The van der Waals surface area contributed by atoms with Crippen molar-refractivity contribution in [3.05, 3.63) is 11.3 Å². The van der Waals surface area contributed by atoms with E-state index in [1.54, 1.807) is 0 Å². The first kappa shape index (κ1) is 14.5. The van der Waals surface area contributed by atoms with Crippen molar-refractivity contribution >= 4 is 11.9 Å². The van der Waals surface area contributed by atoms with Gasteiger partial charge in [0.2, 0.25) is 0 Å². The van der Waals surface area contributed by atoms with Gasteiger partial charge >= 0.3 is 11.9 Å². The summed E-state index contributed by atoms with van der Waals surface area (Å²) in [7, 11) is 4.68. The van der Waals surface area contributed by atoms with Crippen LogP contribution >= 0.6 is 0 Å². The molecule has 0 spiro atoms. The molecule has 0 aromatic heterocycles. The molecule has 0 unspecified atom stereocenters. The molecule has 0 bridgehead atoms. The summed E-state index contributed by atoms with van der Waals surface area (Å²) in [5.74, 6) is -0.585. The number of likely N-dealkylation sites (N-methyl/N-ethyl adjacent to an activating group) is 1. The molecule has 6 heteroatoms. The molecule has 18 heavy (non-hydrogen) atoms. The van der Waals surface area contributed by atoms with Crippen molar-refractivity contribution in [2.24, 2.45) is 0 Å². The summed E-state index contributed by atoms with van der Waals surface area (Å²) in [5, 5.41) is 3.12. The van der Waals surface area contributed by atoms with E-state index in [9.17, 15) is 9.59 Å². The van der Waals surface area contributed by atoms with E-state index in [1.807, 2.05) is 7.05 Å². The topological polar surface area (TPSA) is 67.9 Å². The quantitative estimate of drug-likeness (QED) is 0.693. The summed E-state index contributed by atoms with van der Waals surface area (Å²) in [6, 6.07) is 0. The molecule has 1 rings (SSSR count). The number of methoxy groups -OCH3 is 2. The maximum absolute atomic E-state index is 11.6. The molecular formula is C12H20N2O4. The van der Waals surface area contributed by atoms with Gasteiger partial charge in [-0.15, -0.1) is 0 Å². The Morgan fingerprint density at radius 3 is 2.67 bits per heavy atom. The van der Waals surface area contributed by atoms with Crippen LogP contribution in [0.3, 0.4) is 0 Å². The zero-order valence-corrected chi connectivity index (χ0v) is 11.1. The number of hydrogen-bond donors (Lipinski definition) is 1. The van der Waals surface area contributed by atoms with Crippen LogP contribution in [0, 0.1) is 0 Å². The molecule has 1 heterocycles. The lowest BCUT2D eigenvalue weighted by Gasteiger charge is -2.27. The molecule has 0 aliphatic carbocycles. The van der Waals surface area contributed by atoms with E-state index in [4.69, 9.17) is 4.74 Å². The van der Waals surface area contributed by atoms with Crippen LogP contribution in [0.5, 0.6) is 0 Å². The van der Waals surface area contributed by atoms with Gasteiger partial charge in [0.1, 0.15) is 0 Å². The van der Waals surface area contributed by atoms with Gasteiger partial charge in [-0.25, -0.2) is 4.79 Å². The number of rotatable bonds is 5. The van der Waals surface area contributed by atoms with Gasteiger partial charge in [0.05, 0.1) is 26.2 Å². The summed E-state index contributed by atoms with van der Waals surface area (Å²) in [6.07, 6.45) is 1.03. The second-order valence-electron chi connectivity index (χ2n) is 4.19. The monoisotopic (exact) mass is 256 g/mol. The normalized spacial score (nSPS) is 16.4. The van der Waals surface area contributed by atoms with Crippen molar-refractivity contribution in [1.82, 2.24) is 10.2 Å². The highest BCUT2D eigenvalue weighted by Gasteiger charge is 2.22. The smallest absolute Gasteiger partial charge is 0.336 e. The van der Waals surface area contributed by atoms with Crippen molar-refractivity contribution in [3.8, 4) is 0 Å². The lowest BCUT2D eigenvalue weighted by atomic mass is 10.1. The van der Waals surface area contributed by atoms with E-state index < -0.39 is 0 Å². The van der Waals surface area contributed by atoms with Crippen LogP contribution in [0.1, 0.15) is 12.8 Å². The number of nitrogens with one attached hydrogen (secondary N) is 1. The van der Waals surface area contributed by atoms with Gasteiger partial charge in [-0.2, -0.15) is 0 Å². The lowest BCUT2D eigenvalue weighted by molar-refractivity contribution is -0.140. The third-order valence-corrected chi connectivity index (χ3v) is 2.86. The highest BCUT2D eigenvalue weighted by Crippen LogP contribution is 2.15. The number of hydrogen-bond acceptors (Lipinski definition) is 6. The second-order valence-corrected chi connectivity index (χ2v) is 4.19. The molecule has 0 atom stereocenters. The number of nitrogens with zero attached hydrogens (tertiary/aromatic N) is 1. The van der Waals surface area contributed by atoms with Crippen LogP contribution in [0.2, 0.25) is 0 Å². The Bertz CT molecular complexity index is 352. The lowest BCUT2D eigenvalue weighted by Crippen LogP contribution is -2.35. The molecule has 0 amide bonds. The minimum absolute atomic E-state index is 0.268. The van der Waals surface area contributed by atoms with Gasteiger partial charge in [-0.3, -0.25) is 4.79 Å². The van der Waals surface area contributed by atoms with Crippen LogP contribution < -0.4 is 5.32 Å². The molecule has 0 aromatic carbocycles. The molecule has 0 saturated heterocycles. The van der Waals surface area contributed by atoms with Crippen molar-refractivity contribution < 1.29 is 19.1 Å². The average Bonchev–Trinajstić information content (AvgIpc) is 2.39. The predicted molar refractivity (Wildman–Crippen MR) is 65.8 cm³/mol. The molecular weight excluding hydrogens is 236 g/mol. The molecule has 0 saturated carbocycles. The van der Waals surface area contributed by atoms with Crippen LogP contribution in [0.4, 0.5) is 0 Å². The van der Waals surface area contributed by atoms with Gasteiger partial charge in [-0.1, -0.05) is 0 Å². The number of carbonyl (C=O) groups excluding carboxylic acids is 2. The van der Waals surface area contributed by atoms with Gasteiger partial charge in [0, 0.05) is 31.8 Å². The molecule has 0 radical (unpaired) electrons. The first-order valence-electron chi connectivity index (χ1n) is 5.88. The molecule has 1 N–H and O–H groups in total. The van der Waals surface area contributed by atoms with Crippen molar-refractivity contribution in [1.29, 1.82) is 0 Å². The first-order chi connectivity index (χ1) is 8.58. The summed E-state index contributed by atoms with van der Waals surface area (Å²) >= 11 is 0. The molecule has 102 valence electrons. The number of carbonyl (C=O) groups is 2. The minimum Gasteiger partial charge on any atom is -0.469 e. The third-order valence-electron chi connectivity index (χ3n) is 2.86. The Kier molecular flexibility index (Phi) is 5.64. The SMILES string of the molecule is COC(=O)CCNC1=C(C(=O)OC)CN(C)CC1. The second kappa shape index (κ2) is 7.00.